The maximum atomic E-state index is 13.4. The Labute approximate surface area is 202 Å². The molecule has 2 aromatic rings. The van der Waals surface area contributed by atoms with E-state index in [-0.39, 0.29) is 30.1 Å². The van der Waals surface area contributed by atoms with Crippen LogP contribution in [0, 0.1) is 0 Å². The maximum Gasteiger partial charge on any atom is 0.417 e. The third-order valence-corrected chi connectivity index (χ3v) is 5.88. The van der Waals surface area contributed by atoms with Gasteiger partial charge in [0.15, 0.2) is 5.82 Å². The lowest BCUT2D eigenvalue weighted by Gasteiger charge is -2.44. The number of alkyl halides is 3. The van der Waals surface area contributed by atoms with Crippen molar-refractivity contribution in [2.75, 3.05) is 24.5 Å². The molecule has 190 valence electrons. The van der Waals surface area contributed by atoms with Crippen LogP contribution in [-0.4, -0.2) is 58.8 Å². The van der Waals surface area contributed by atoms with Crippen molar-refractivity contribution in [1.29, 1.82) is 0 Å². The van der Waals surface area contributed by atoms with Crippen molar-refractivity contribution in [3.05, 3.63) is 47.5 Å². The number of halogens is 3. The predicted molar refractivity (Wildman–Crippen MR) is 124 cm³/mol. The molecule has 3 rings (SSSR count). The standard InChI is InChI=1S/C24H30F3N5O3/c1-4-5-8-13-28-23(34)35-21-12-11-20(29-30-21)31-14-17(3)32(15-16(31)2)22(33)18-9-6-7-10-19(18)24(25,26)27/h6-7,9-12,16-17H,4-5,8,13-15H2,1-3H3,(H,28,34). The van der Waals surface area contributed by atoms with Gasteiger partial charge in [-0.25, -0.2) is 4.79 Å². The number of amides is 2. The molecule has 0 bridgehead atoms. The lowest BCUT2D eigenvalue weighted by Crippen LogP contribution is -2.58. The van der Waals surface area contributed by atoms with Gasteiger partial charge in [0.2, 0.25) is 5.88 Å². The molecule has 0 aliphatic carbocycles. The lowest BCUT2D eigenvalue weighted by molar-refractivity contribution is -0.138. The molecule has 2 atom stereocenters. The van der Waals surface area contributed by atoms with Gasteiger partial charge in [0, 0.05) is 37.8 Å². The molecular formula is C24H30F3N5O3. The summed E-state index contributed by atoms with van der Waals surface area (Å²) in [5, 5.41) is 10.8. The number of anilines is 1. The van der Waals surface area contributed by atoms with Crippen molar-refractivity contribution >= 4 is 17.8 Å². The number of carbonyl (C=O) groups excluding carboxylic acids is 2. The monoisotopic (exact) mass is 493 g/mol. The number of ether oxygens (including phenoxy) is 1. The van der Waals surface area contributed by atoms with Gasteiger partial charge in [-0.2, -0.15) is 13.2 Å². The fourth-order valence-electron chi connectivity index (χ4n) is 4.02. The number of hydrogen-bond donors (Lipinski definition) is 1. The third-order valence-electron chi connectivity index (χ3n) is 5.88. The Bertz CT molecular complexity index is 1020. The van der Waals surface area contributed by atoms with Crippen molar-refractivity contribution < 1.29 is 27.5 Å². The summed E-state index contributed by atoms with van der Waals surface area (Å²) >= 11 is 0. The first kappa shape index (κ1) is 26.2. The number of benzene rings is 1. The SMILES string of the molecule is CCCCCNC(=O)Oc1ccc(N2CC(C)N(C(=O)c3ccccc3C(F)(F)F)CC2C)nn1. The molecule has 0 radical (unpaired) electrons. The van der Waals surface area contributed by atoms with Crippen molar-refractivity contribution in [2.24, 2.45) is 0 Å². The molecule has 1 aromatic carbocycles. The molecule has 8 nitrogen and oxygen atoms in total. The number of nitrogens with zero attached hydrogens (tertiary/aromatic N) is 4. The van der Waals surface area contributed by atoms with Gasteiger partial charge in [-0.3, -0.25) is 4.79 Å². The Hall–Kier alpha value is -3.37. The molecule has 0 saturated carbocycles. The van der Waals surface area contributed by atoms with Crippen LogP contribution in [0.25, 0.3) is 0 Å². The van der Waals surface area contributed by atoms with Crippen LogP contribution in [0.15, 0.2) is 36.4 Å². The van der Waals surface area contributed by atoms with Crippen molar-refractivity contribution in [3.8, 4) is 5.88 Å². The Morgan fingerprint density at radius 2 is 1.80 bits per heavy atom. The summed E-state index contributed by atoms with van der Waals surface area (Å²) in [5.41, 5.74) is -1.30. The van der Waals surface area contributed by atoms with Crippen LogP contribution in [0.3, 0.4) is 0 Å². The number of unbranched alkanes of at least 4 members (excludes halogenated alkanes) is 2. The number of nitrogens with one attached hydrogen (secondary N) is 1. The second kappa shape index (κ2) is 11.4. The molecule has 1 aromatic heterocycles. The summed E-state index contributed by atoms with van der Waals surface area (Å²) in [6.07, 6.45) is -2.29. The molecule has 2 amide bonds. The zero-order chi connectivity index (χ0) is 25.6. The maximum absolute atomic E-state index is 13.4. The summed E-state index contributed by atoms with van der Waals surface area (Å²) in [6, 6.07) is 7.42. The first-order chi connectivity index (χ1) is 16.6. The van der Waals surface area contributed by atoms with Crippen LogP contribution in [0.5, 0.6) is 5.88 Å². The third kappa shape index (κ3) is 6.61. The summed E-state index contributed by atoms with van der Waals surface area (Å²) in [5.74, 6) is -0.0837. The molecular weight excluding hydrogens is 463 g/mol. The van der Waals surface area contributed by atoms with Crippen molar-refractivity contribution in [2.45, 2.75) is 58.3 Å². The number of piperazine rings is 1. The summed E-state index contributed by atoms with van der Waals surface area (Å²) in [6.45, 7) is 6.80. The van der Waals surface area contributed by atoms with Gasteiger partial charge >= 0.3 is 12.3 Å². The van der Waals surface area contributed by atoms with E-state index >= 15 is 0 Å². The smallest absolute Gasteiger partial charge is 0.390 e. The van der Waals surface area contributed by atoms with Crippen LogP contribution in [-0.2, 0) is 6.18 Å². The quantitative estimate of drug-likeness (QED) is 0.571. The Morgan fingerprint density at radius 3 is 2.46 bits per heavy atom. The fourth-order valence-corrected chi connectivity index (χ4v) is 4.02. The van der Waals surface area contributed by atoms with E-state index in [1.807, 2.05) is 11.8 Å². The van der Waals surface area contributed by atoms with Gasteiger partial charge < -0.3 is 19.9 Å². The van der Waals surface area contributed by atoms with E-state index in [4.69, 9.17) is 4.74 Å². The number of carbonyl (C=O) groups is 2. The minimum atomic E-state index is -4.62. The van der Waals surface area contributed by atoms with Gasteiger partial charge in [-0.15, -0.1) is 10.2 Å². The molecule has 2 heterocycles. The molecule has 1 saturated heterocycles. The highest BCUT2D eigenvalue weighted by Gasteiger charge is 2.39. The number of aromatic nitrogens is 2. The normalized spacial score (nSPS) is 18.3. The predicted octanol–water partition coefficient (Wildman–Crippen LogP) is 4.51. The number of hydrogen-bond acceptors (Lipinski definition) is 6. The number of rotatable bonds is 7. The van der Waals surface area contributed by atoms with E-state index in [0.29, 0.717) is 18.9 Å². The summed E-state index contributed by atoms with van der Waals surface area (Å²) in [4.78, 5) is 28.3. The molecule has 2 unspecified atom stereocenters. The Balaban J connectivity index is 1.64. The Kier molecular flexibility index (Phi) is 8.52. The van der Waals surface area contributed by atoms with Crippen LogP contribution in [0.2, 0.25) is 0 Å². The van der Waals surface area contributed by atoms with E-state index in [1.165, 1.54) is 29.2 Å². The van der Waals surface area contributed by atoms with Crippen molar-refractivity contribution in [1.82, 2.24) is 20.4 Å². The molecule has 35 heavy (non-hydrogen) atoms. The van der Waals surface area contributed by atoms with Crippen LogP contribution < -0.4 is 15.0 Å². The van der Waals surface area contributed by atoms with Gasteiger partial charge in [0.25, 0.3) is 5.91 Å². The highest BCUT2D eigenvalue weighted by Crippen LogP contribution is 2.33. The van der Waals surface area contributed by atoms with E-state index in [9.17, 15) is 22.8 Å². The van der Waals surface area contributed by atoms with E-state index in [0.717, 1.165) is 25.3 Å². The Morgan fingerprint density at radius 1 is 1.06 bits per heavy atom. The topological polar surface area (TPSA) is 87.7 Å². The first-order valence-electron chi connectivity index (χ1n) is 11.6. The molecule has 1 fully saturated rings. The van der Waals surface area contributed by atoms with Crippen LogP contribution in [0.4, 0.5) is 23.8 Å². The van der Waals surface area contributed by atoms with Crippen LogP contribution >= 0.6 is 0 Å². The van der Waals surface area contributed by atoms with Gasteiger partial charge in [-0.05, 0) is 38.5 Å². The van der Waals surface area contributed by atoms with E-state index in [1.54, 1.807) is 13.0 Å². The molecule has 0 spiro atoms. The van der Waals surface area contributed by atoms with E-state index in [2.05, 4.69) is 22.4 Å². The average Bonchev–Trinajstić information content (AvgIpc) is 2.82. The van der Waals surface area contributed by atoms with Gasteiger partial charge in [-0.1, -0.05) is 31.9 Å². The molecule has 1 aliphatic heterocycles. The lowest BCUT2D eigenvalue weighted by atomic mass is 10.0. The highest BCUT2D eigenvalue weighted by atomic mass is 19.4. The van der Waals surface area contributed by atoms with Gasteiger partial charge in [0.1, 0.15) is 0 Å². The largest absolute Gasteiger partial charge is 0.417 e. The first-order valence-corrected chi connectivity index (χ1v) is 11.6. The van der Waals surface area contributed by atoms with Gasteiger partial charge in [0.05, 0.1) is 11.1 Å². The summed E-state index contributed by atoms with van der Waals surface area (Å²) in [7, 11) is 0. The zero-order valence-corrected chi connectivity index (χ0v) is 20.0. The molecule has 1 aliphatic rings. The highest BCUT2D eigenvalue weighted by molar-refractivity contribution is 5.96. The minimum absolute atomic E-state index is 0.0556. The van der Waals surface area contributed by atoms with Crippen LogP contribution in [0.1, 0.15) is 56.0 Å². The molecule has 11 heteroatoms. The second-order valence-corrected chi connectivity index (χ2v) is 8.60. The van der Waals surface area contributed by atoms with Crippen molar-refractivity contribution in [3.63, 3.8) is 0 Å². The average molecular weight is 494 g/mol. The van der Waals surface area contributed by atoms with E-state index < -0.39 is 23.7 Å². The molecule has 1 N–H and O–H groups in total. The fraction of sp³-hybridized carbons (Fsp3) is 0.500. The summed E-state index contributed by atoms with van der Waals surface area (Å²) < 4.78 is 45.4. The minimum Gasteiger partial charge on any atom is -0.390 e. The zero-order valence-electron chi connectivity index (χ0n) is 20.0. The second-order valence-electron chi connectivity index (χ2n) is 8.60.